The third-order valence-corrected chi connectivity index (χ3v) is 6.01. The molecule has 1 aliphatic carbocycles. The molecule has 4 unspecified atom stereocenters. The van der Waals surface area contributed by atoms with Crippen molar-refractivity contribution in [1.29, 1.82) is 0 Å². The molecule has 5 heteroatoms. The van der Waals surface area contributed by atoms with E-state index in [9.17, 15) is 8.42 Å². The zero-order valence-electron chi connectivity index (χ0n) is 10.8. The van der Waals surface area contributed by atoms with Crippen LogP contribution in [0.4, 0.5) is 0 Å². The number of rotatable bonds is 2. The maximum Gasteiger partial charge on any atom is 0.151 e. The summed E-state index contributed by atoms with van der Waals surface area (Å²) in [4.78, 5) is 2.39. The first-order chi connectivity index (χ1) is 7.89. The lowest BCUT2D eigenvalue weighted by Crippen LogP contribution is -2.53. The van der Waals surface area contributed by atoms with Crippen LogP contribution in [0.3, 0.4) is 0 Å². The van der Waals surface area contributed by atoms with Gasteiger partial charge in [0.05, 0.1) is 5.25 Å². The van der Waals surface area contributed by atoms with Crippen LogP contribution in [-0.2, 0) is 9.84 Å². The topological polar surface area (TPSA) is 63.4 Å². The van der Waals surface area contributed by atoms with E-state index in [4.69, 9.17) is 5.73 Å². The monoisotopic (exact) mass is 260 g/mol. The summed E-state index contributed by atoms with van der Waals surface area (Å²) < 4.78 is 23.6. The van der Waals surface area contributed by atoms with E-state index in [0.717, 1.165) is 38.6 Å². The van der Waals surface area contributed by atoms with Crippen molar-refractivity contribution in [3.8, 4) is 0 Å². The summed E-state index contributed by atoms with van der Waals surface area (Å²) in [6, 6.07) is 0.943. The Labute approximate surface area is 104 Å². The molecule has 0 aromatic heterocycles. The number of nitrogens with two attached hydrogens (primary N) is 1. The SMILES string of the molecule is CC1CC(N)CCN1C1CCCC1S(C)(=O)=O. The van der Waals surface area contributed by atoms with Gasteiger partial charge in [-0.15, -0.1) is 0 Å². The standard InChI is InChI=1S/C12H24N2O2S/c1-9-8-10(13)6-7-14(9)11-4-3-5-12(11)17(2,15)16/h9-12H,3-8,13H2,1-2H3. The van der Waals surface area contributed by atoms with Crippen molar-refractivity contribution in [2.24, 2.45) is 5.73 Å². The van der Waals surface area contributed by atoms with Crippen molar-refractivity contribution in [2.75, 3.05) is 12.8 Å². The summed E-state index contributed by atoms with van der Waals surface area (Å²) in [5.41, 5.74) is 5.96. The minimum absolute atomic E-state index is 0.153. The van der Waals surface area contributed by atoms with Gasteiger partial charge in [-0.2, -0.15) is 0 Å². The molecule has 1 aliphatic heterocycles. The molecule has 2 fully saturated rings. The molecule has 0 amide bonds. The molecule has 100 valence electrons. The van der Waals surface area contributed by atoms with E-state index in [1.54, 1.807) is 0 Å². The van der Waals surface area contributed by atoms with E-state index in [1.165, 1.54) is 6.26 Å². The molecule has 4 atom stereocenters. The Morgan fingerprint density at radius 2 is 1.94 bits per heavy atom. The molecule has 0 radical (unpaired) electrons. The first kappa shape index (κ1) is 13.3. The second-order valence-electron chi connectivity index (χ2n) is 5.74. The number of hydrogen-bond donors (Lipinski definition) is 1. The van der Waals surface area contributed by atoms with Crippen molar-refractivity contribution < 1.29 is 8.42 Å². The molecule has 2 aliphatic rings. The normalized spacial score (nSPS) is 40.6. The summed E-state index contributed by atoms with van der Waals surface area (Å²) in [5, 5.41) is -0.153. The van der Waals surface area contributed by atoms with Crippen LogP contribution in [-0.4, -0.2) is 49.5 Å². The summed E-state index contributed by atoms with van der Waals surface area (Å²) in [7, 11) is -2.91. The van der Waals surface area contributed by atoms with Crippen LogP contribution in [0.25, 0.3) is 0 Å². The van der Waals surface area contributed by atoms with Gasteiger partial charge in [0.25, 0.3) is 0 Å². The highest BCUT2D eigenvalue weighted by atomic mass is 32.2. The lowest BCUT2D eigenvalue weighted by atomic mass is 9.96. The Hall–Kier alpha value is -0.130. The van der Waals surface area contributed by atoms with E-state index in [2.05, 4.69) is 11.8 Å². The fraction of sp³-hybridized carbons (Fsp3) is 1.00. The van der Waals surface area contributed by atoms with Gasteiger partial charge in [0, 0.05) is 30.9 Å². The first-order valence-electron chi connectivity index (χ1n) is 6.60. The molecule has 1 saturated carbocycles. The number of hydrogen-bond acceptors (Lipinski definition) is 4. The van der Waals surface area contributed by atoms with Gasteiger partial charge in [0.2, 0.25) is 0 Å². The second kappa shape index (κ2) is 4.86. The van der Waals surface area contributed by atoms with Crippen LogP contribution in [0.15, 0.2) is 0 Å². The average molecular weight is 260 g/mol. The van der Waals surface area contributed by atoms with Crippen LogP contribution >= 0.6 is 0 Å². The Morgan fingerprint density at radius 3 is 2.53 bits per heavy atom. The highest BCUT2D eigenvalue weighted by Gasteiger charge is 2.41. The molecule has 0 aromatic rings. The van der Waals surface area contributed by atoms with Gasteiger partial charge in [-0.1, -0.05) is 6.42 Å². The van der Waals surface area contributed by atoms with Crippen molar-refractivity contribution in [1.82, 2.24) is 4.90 Å². The quantitative estimate of drug-likeness (QED) is 0.796. The Kier molecular flexibility index (Phi) is 3.80. The molecule has 4 nitrogen and oxygen atoms in total. The highest BCUT2D eigenvalue weighted by Crippen LogP contribution is 2.32. The van der Waals surface area contributed by atoms with Crippen LogP contribution in [0.2, 0.25) is 0 Å². The largest absolute Gasteiger partial charge is 0.328 e. The van der Waals surface area contributed by atoms with Gasteiger partial charge >= 0.3 is 0 Å². The van der Waals surface area contributed by atoms with Gasteiger partial charge in [0.15, 0.2) is 9.84 Å². The Balaban J connectivity index is 2.11. The van der Waals surface area contributed by atoms with E-state index in [0.29, 0.717) is 12.1 Å². The van der Waals surface area contributed by atoms with Crippen LogP contribution in [0.5, 0.6) is 0 Å². The Morgan fingerprint density at radius 1 is 1.24 bits per heavy atom. The number of sulfone groups is 1. The maximum absolute atomic E-state index is 11.8. The molecule has 1 heterocycles. The predicted molar refractivity (Wildman–Crippen MR) is 69.6 cm³/mol. The molecule has 0 bridgehead atoms. The van der Waals surface area contributed by atoms with Crippen molar-refractivity contribution in [3.63, 3.8) is 0 Å². The van der Waals surface area contributed by atoms with Crippen molar-refractivity contribution >= 4 is 9.84 Å². The second-order valence-corrected chi connectivity index (χ2v) is 8.00. The lowest BCUT2D eigenvalue weighted by Gasteiger charge is -2.42. The fourth-order valence-electron chi connectivity index (χ4n) is 3.50. The van der Waals surface area contributed by atoms with Crippen LogP contribution < -0.4 is 5.73 Å². The van der Waals surface area contributed by atoms with Crippen LogP contribution in [0.1, 0.15) is 39.0 Å². The minimum Gasteiger partial charge on any atom is -0.328 e. The molecule has 2 N–H and O–H groups in total. The number of piperidine rings is 1. The fourth-order valence-corrected chi connectivity index (χ4v) is 4.96. The zero-order chi connectivity index (χ0) is 12.6. The summed E-state index contributed by atoms with van der Waals surface area (Å²) in [5.74, 6) is 0. The molecule has 0 aromatic carbocycles. The lowest BCUT2D eigenvalue weighted by molar-refractivity contribution is 0.0996. The number of nitrogens with zero attached hydrogens (tertiary/aromatic N) is 1. The van der Waals surface area contributed by atoms with Crippen molar-refractivity contribution in [3.05, 3.63) is 0 Å². The summed E-state index contributed by atoms with van der Waals surface area (Å²) in [6.07, 6.45) is 6.27. The molecule has 1 saturated heterocycles. The summed E-state index contributed by atoms with van der Waals surface area (Å²) in [6.45, 7) is 3.13. The third kappa shape index (κ3) is 2.83. The van der Waals surface area contributed by atoms with E-state index < -0.39 is 9.84 Å². The molecule has 2 rings (SSSR count). The molecular formula is C12H24N2O2S. The van der Waals surface area contributed by atoms with Gasteiger partial charge in [-0.3, -0.25) is 4.90 Å². The first-order valence-corrected chi connectivity index (χ1v) is 8.55. The molecular weight excluding hydrogens is 236 g/mol. The van der Waals surface area contributed by atoms with E-state index in [-0.39, 0.29) is 11.3 Å². The van der Waals surface area contributed by atoms with Crippen LogP contribution in [0, 0.1) is 0 Å². The molecule has 0 spiro atoms. The molecule has 17 heavy (non-hydrogen) atoms. The zero-order valence-corrected chi connectivity index (χ0v) is 11.6. The number of likely N-dealkylation sites (tertiary alicyclic amines) is 1. The smallest absolute Gasteiger partial charge is 0.151 e. The Bertz CT molecular complexity index is 369. The van der Waals surface area contributed by atoms with Gasteiger partial charge < -0.3 is 5.73 Å². The van der Waals surface area contributed by atoms with E-state index in [1.807, 2.05) is 0 Å². The van der Waals surface area contributed by atoms with Gasteiger partial charge in [-0.25, -0.2) is 8.42 Å². The average Bonchev–Trinajstić information content (AvgIpc) is 2.65. The maximum atomic E-state index is 11.8. The highest BCUT2D eigenvalue weighted by molar-refractivity contribution is 7.91. The van der Waals surface area contributed by atoms with Gasteiger partial charge in [-0.05, 0) is 32.6 Å². The predicted octanol–water partition coefficient (Wildman–Crippen LogP) is 0.764. The minimum atomic E-state index is -2.91. The van der Waals surface area contributed by atoms with E-state index >= 15 is 0 Å². The summed E-state index contributed by atoms with van der Waals surface area (Å²) >= 11 is 0. The van der Waals surface area contributed by atoms with Gasteiger partial charge in [0.1, 0.15) is 0 Å². The third-order valence-electron chi connectivity index (χ3n) is 4.36. The van der Waals surface area contributed by atoms with Crippen molar-refractivity contribution in [2.45, 2.75) is 62.4 Å².